The standard InChI is InChI=1S/C26H35N3O5S/c1-33-25-9-8-24(35(31,32)29-15-17-34-18-16-29)19-22(25)7-10-26(30)27-12-4-13-28-14-11-21-5-2-3-6-23(21)20-28/h2-3,5-6,8-9,19H,4,7,10-18,20H2,1H3,(H,27,30). The van der Waals surface area contributed by atoms with Crippen molar-refractivity contribution in [2.24, 2.45) is 0 Å². The van der Waals surface area contributed by atoms with Gasteiger partial charge in [-0.2, -0.15) is 4.31 Å². The Labute approximate surface area is 208 Å². The Morgan fingerprint density at radius 2 is 1.86 bits per heavy atom. The highest BCUT2D eigenvalue weighted by atomic mass is 32.2. The summed E-state index contributed by atoms with van der Waals surface area (Å²) < 4.78 is 38.1. The number of methoxy groups -OCH3 is 1. The molecule has 9 heteroatoms. The van der Waals surface area contributed by atoms with E-state index in [-0.39, 0.29) is 17.2 Å². The molecule has 8 nitrogen and oxygen atoms in total. The van der Waals surface area contributed by atoms with Crippen molar-refractivity contribution in [1.29, 1.82) is 0 Å². The number of sulfonamides is 1. The average molecular weight is 502 g/mol. The van der Waals surface area contributed by atoms with Crippen LogP contribution in [-0.2, 0) is 38.9 Å². The monoisotopic (exact) mass is 501 g/mol. The van der Waals surface area contributed by atoms with Gasteiger partial charge in [-0.3, -0.25) is 9.69 Å². The molecule has 1 N–H and O–H groups in total. The van der Waals surface area contributed by atoms with Crippen molar-refractivity contribution in [2.75, 3.05) is 53.0 Å². The van der Waals surface area contributed by atoms with Crippen molar-refractivity contribution in [3.05, 3.63) is 59.2 Å². The van der Waals surface area contributed by atoms with Crippen LogP contribution in [0.2, 0.25) is 0 Å². The normalized spacial score (nSPS) is 17.1. The van der Waals surface area contributed by atoms with E-state index >= 15 is 0 Å². The van der Waals surface area contributed by atoms with Gasteiger partial charge < -0.3 is 14.8 Å². The molecule has 0 aliphatic carbocycles. The molecule has 0 bridgehead atoms. The summed E-state index contributed by atoms with van der Waals surface area (Å²) in [6.45, 7) is 5.07. The van der Waals surface area contributed by atoms with E-state index in [0.717, 1.165) is 32.5 Å². The van der Waals surface area contributed by atoms with E-state index in [1.54, 1.807) is 25.3 Å². The number of hydrogen-bond acceptors (Lipinski definition) is 6. The topological polar surface area (TPSA) is 88.2 Å². The first kappa shape index (κ1) is 25.6. The molecular weight excluding hydrogens is 466 g/mol. The number of aryl methyl sites for hydroxylation is 1. The molecule has 2 aliphatic heterocycles. The SMILES string of the molecule is COc1ccc(S(=O)(=O)N2CCOCC2)cc1CCC(=O)NCCCN1CCc2ccccc2C1. The Kier molecular flexibility index (Phi) is 8.78. The summed E-state index contributed by atoms with van der Waals surface area (Å²) in [7, 11) is -2.05. The Balaban J connectivity index is 1.25. The fourth-order valence-electron chi connectivity index (χ4n) is 4.66. The summed E-state index contributed by atoms with van der Waals surface area (Å²) in [5.41, 5.74) is 3.55. The highest BCUT2D eigenvalue weighted by Gasteiger charge is 2.27. The van der Waals surface area contributed by atoms with Gasteiger partial charge in [-0.15, -0.1) is 0 Å². The Morgan fingerprint density at radius 3 is 2.63 bits per heavy atom. The quantitative estimate of drug-likeness (QED) is 0.503. The molecule has 4 rings (SSSR count). The second kappa shape index (κ2) is 12.0. The highest BCUT2D eigenvalue weighted by Crippen LogP contribution is 2.26. The summed E-state index contributed by atoms with van der Waals surface area (Å²) in [6, 6.07) is 13.4. The maximum atomic E-state index is 13.0. The minimum atomic E-state index is -3.60. The maximum Gasteiger partial charge on any atom is 0.243 e. The zero-order valence-corrected chi connectivity index (χ0v) is 21.2. The van der Waals surface area contributed by atoms with E-state index in [0.29, 0.717) is 50.6 Å². The van der Waals surface area contributed by atoms with E-state index in [4.69, 9.17) is 9.47 Å². The van der Waals surface area contributed by atoms with E-state index in [1.807, 2.05) is 0 Å². The Bertz CT molecular complexity index is 1120. The van der Waals surface area contributed by atoms with Gasteiger partial charge in [-0.05, 0) is 54.2 Å². The summed E-state index contributed by atoms with van der Waals surface area (Å²) >= 11 is 0. The zero-order valence-electron chi connectivity index (χ0n) is 20.4. The minimum absolute atomic E-state index is 0.0440. The van der Waals surface area contributed by atoms with Crippen LogP contribution in [0.4, 0.5) is 0 Å². The van der Waals surface area contributed by atoms with Crippen LogP contribution in [0.25, 0.3) is 0 Å². The molecule has 2 aromatic carbocycles. The molecule has 2 aromatic rings. The number of amides is 1. The van der Waals surface area contributed by atoms with E-state index in [2.05, 4.69) is 34.5 Å². The fraction of sp³-hybridized carbons (Fsp3) is 0.500. The van der Waals surface area contributed by atoms with Crippen LogP contribution < -0.4 is 10.1 Å². The molecule has 2 aliphatic rings. The van der Waals surface area contributed by atoms with Gasteiger partial charge in [-0.25, -0.2) is 8.42 Å². The lowest BCUT2D eigenvalue weighted by Crippen LogP contribution is -2.40. The largest absolute Gasteiger partial charge is 0.496 e. The number of carbonyl (C=O) groups is 1. The third-order valence-electron chi connectivity index (χ3n) is 6.66. The lowest BCUT2D eigenvalue weighted by molar-refractivity contribution is -0.121. The van der Waals surface area contributed by atoms with Gasteiger partial charge in [0.1, 0.15) is 5.75 Å². The summed E-state index contributed by atoms with van der Waals surface area (Å²) in [6.07, 6.45) is 2.65. The van der Waals surface area contributed by atoms with Crippen LogP contribution in [0.3, 0.4) is 0 Å². The molecule has 0 radical (unpaired) electrons. The van der Waals surface area contributed by atoms with Crippen LogP contribution in [0.1, 0.15) is 29.5 Å². The second-order valence-corrected chi connectivity index (χ2v) is 10.9. The van der Waals surface area contributed by atoms with E-state index in [1.165, 1.54) is 15.4 Å². The smallest absolute Gasteiger partial charge is 0.243 e. The number of fused-ring (bicyclic) bond motifs is 1. The second-order valence-electron chi connectivity index (χ2n) is 8.99. The van der Waals surface area contributed by atoms with Crippen molar-refractivity contribution in [1.82, 2.24) is 14.5 Å². The molecule has 35 heavy (non-hydrogen) atoms. The van der Waals surface area contributed by atoms with Crippen molar-refractivity contribution >= 4 is 15.9 Å². The van der Waals surface area contributed by atoms with Crippen molar-refractivity contribution in [3.8, 4) is 5.75 Å². The van der Waals surface area contributed by atoms with Crippen LogP contribution in [0.5, 0.6) is 5.75 Å². The summed E-state index contributed by atoms with van der Waals surface area (Å²) in [5.74, 6) is 0.543. The van der Waals surface area contributed by atoms with Gasteiger partial charge in [0.05, 0.1) is 25.2 Å². The number of hydrogen-bond donors (Lipinski definition) is 1. The first-order chi connectivity index (χ1) is 17.0. The van der Waals surface area contributed by atoms with Gasteiger partial charge in [0.15, 0.2) is 0 Å². The highest BCUT2D eigenvalue weighted by molar-refractivity contribution is 7.89. The lowest BCUT2D eigenvalue weighted by Gasteiger charge is -2.28. The minimum Gasteiger partial charge on any atom is -0.496 e. The Morgan fingerprint density at radius 1 is 1.09 bits per heavy atom. The van der Waals surface area contributed by atoms with Crippen LogP contribution in [0, 0.1) is 0 Å². The third-order valence-corrected chi connectivity index (χ3v) is 8.56. The molecule has 2 heterocycles. The number of morpholine rings is 1. The molecule has 1 fully saturated rings. The first-order valence-corrected chi connectivity index (χ1v) is 13.7. The molecule has 190 valence electrons. The lowest BCUT2D eigenvalue weighted by atomic mass is 10.00. The number of nitrogens with one attached hydrogen (secondary N) is 1. The van der Waals surface area contributed by atoms with E-state index < -0.39 is 10.0 Å². The van der Waals surface area contributed by atoms with E-state index in [9.17, 15) is 13.2 Å². The number of carbonyl (C=O) groups excluding carboxylic acids is 1. The van der Waals surface area contributed by atoms with Crippen molar-refractivity contribution in [2.45, 2.75) is 37.1 Å². The first-order valence-electron chi connectivity index (χ1n) is 12.3. The molecular formula is C26H35N3O5S. The van der Waals surface area contributed by atoms with Crippen LogP contribution in [0.15, 0.2) is 47.4 Å². The Hall–Kier alpha value is -2.46. The molecule has 0 saturated carbocycles. The van der Waals surface area contributed by atoms with Crippen molar-refractivity contribution in [3.63, 3.8) is 0 Å². The molecule has 0 aromatic heterocycles. The maximum absolute atomic E-state index is 13.0. The molecule has 1 amide bonds. The number of ether oxygens (including phenoxy) is 2. The summed E-state index contributed by atoms with van der Waals surface area (Å²) in [5, 5.41) is 3.00. The van der Waals surface area contributed by atoms with Gasteiger partial charge in [0.2, 0.25) is 15.9 Å². The predicted molar refractivity (Wildman–Crippen MR) is 134 cm³/mol. The number of benzene rings is 2. The summed E-state index contributed by atoms with van der Waals surface area (Å²) in [4.78, 5) is 15.1. The molecule has 0 spiro atoms. The zero-order chi connectivity index (χ0) is 24.7. The van der Waals surface area contributed by atoms with Gasteiger partial charge in [0.25, 0.3) is 0 Å². The van der Waals surface area contributed by atoms with Crippen LogP contribution >= 0.6 is 0 Å². The van der Waals surface area contributed by atoms with Gasteiger partial charge >= 0.3 is 0 Å². The van der Waals surface area contributed by atoms with Crippen molar-refractivity contribution < 1.29 is 22.7 Å². The van der Waals surface area contributed by atoms with Gasteiger partial charge in [0, 0.05) is 45.7 Å². The third kappa shape index (κ3) is 6.61. The number of nitrogens with zero attached hydrogens (tertiary/aromatic N) is 2. The number of rotatable bonds is 10. The predicted octanol–water partition coefficient (Wildman–Crippen LogP) is 2.21. The molecule has 0 atom stereocenters. The van der Waals surface area contributed by atoms with Crippen LogP contribution in [-0.4, -0.2) is 76.6 Å². The van der Waals surface area contributed by atoms with Gasteiger partial charge in [-0.1, -0.05) is 24.3 Å². The average Bonchev–Trinajstić information content (AvgIpc) is 2.90. The molecule has 0 unspecified atom stereocenters. The molecule has 1 saturated heterocycles. The fourth-order valence-corrected chi connectivity index (χ4v) is 6.12.